The molecule has 0 spiro atoms. The molecular weight excluding hydrogens is 348 g/mol. The summed E-state index contributed by atoms with van der Waals surface area (Å²) in [6.45, 7) is 0.918. The zero-order valence-electron chi connectivity index (χ0n) is 15.4. The molecule has 4 nitrogen and oxygen atoms in total. The summed E-state index contributed by atoms with van der Waals surface area (Å²) in [6.07, 6.45) is 0.209. The summed E-state index contributed by atoms with van der Waals surface area (Å²) in [7, 11) is 0. The third-order valence-electron chi connectivity index (χ3n) is 5.12. The molecule has 3 aromatic rings. The summed E-state index contributed by atoms with van der Waals surface area (Å²) < 4.78 is 5.83. The first-order valence-electron chi connectivity index (χ1n) is 9.24. The summed E-state index contributed by atoms with van der Waals surface area (Å²) in [4.78, 5) is 13.9. The Kier molecular flexibility index (Phi) is 4.82. The van der Waals surface area contributed by atoms with E-state index in [1.807, 2.05) is 84.9 Å². The Hall–Kier alpha value is -3.58. The van der Waals surface area contributed by atoms with E-state index in [0.717, 1.165) is 22.4 Å². The molecule has 1 heterocycles. The number of amides is 1. The standard InChI is InChI=1S/C24H20N2O2/c25-18-24(15-23(27)26(24)16-19-7-3-1-4-8-19)21-11-13-22(14-12-21)28-17-20-9-5-2-6-10-20/h1-14H,15-17H2/t24-/m1/s1. The van der Waals surface area contributed by atoms with Gasteiger partial charge in [-0.2, -0.15) is 5.26 Å². The van der Waals surface area contributed by atoms with Crippen molar-refractivity contribution in [1.29, 1.82) is 5.26 Å². The Labute approximate surface area is 164 Å². The number of rotatable bonds is 6. The first-order chi connectivity index (χ1) is 13.7. The van der Waals surface area contributed by atoms with Gasteiger partial charge in [-0.3, -0.25) is 4.79 Å². The summed E-state index contributed by atoms with van der Waals surface area (Å²) in [6, 6.07) is 29.6. The topological polar surface area (TPSA) is 53.3 Å². The molecule has 1 atom stereocenters. The van der Waals surface area contributed by atoms with Crippen molar-refractivity contribution >= 4 is 5.91 Å². The number of ether oxygens (including phenoxy) is 1. The van der Waals surface area contributed by atoms with E-state index in [9.17, 15) is 10.1 Å². The first-order valence-corrected chi connectivity index (χ1v) is 9.24. The predicted octanol–water partition coefficient (Wildman–Crippen LogP) is 4.42. The van der Waals surface area contributed by atoms with Gasteiger partial charge < -0.3 is 9.64 Å². The van der Waals surface area contributed by atoms with E-state index in [4.69, 9.17) is 4.74 Å². The number of carbonyl (C=O) groups is 1. The minimum Gasteiger partial charge on any atom is -0.489 e. The number of hydrogen-bond donors (Lipinski definition) is 0. The van der Waals surface area contributed by atoms with Crippen molar-refractivity contribution < 1.29 is 9.53 Å². The van der Waals surface area contributed by atoms with Crippen LogP contribution in [0, 0.1) is 11.3 Å². The first kappa shape index (κ1) is 17.8. The van der Waals surface area contributed by atoms with Crippen molar-refractivity contribution in [3.05, 3.63) is 102 Å². The monoisotopic (exact) mass is 368 g/mol. The van der Waals surface area contributed by atoms with Gasteiger partial charge in [-0.15, -0.1) is 0 Å². The van der Waals surface area contributed by atoms with Crippen LogP contribution in [0.25, 0.3) is 0 Å². The number of hydrogen-bond acceptors (Lipinski definition) is 3. The molecule has 0 radical (unpaired) electrons. The number of benzene rings is 3. The van der Waals surface area contributed by atoms with Gasteiger partial charge in [0, 0.05) is 6.54 Å². The largest absolute Gasteiger partial charge is 0.489 e. The molecule has 0 aromatic heterocycles. The van der Waals surface area contributed by atoms with E-state index in [2.05, 4.69) is 6.07 Å². The maximum atomic E-state index is 12.3. The zero-order valence-corrected chi connectivity index (χ0v) is 15.4. The lowest BCUT2D eigenvalue weighted by molar-refractivity contribution is -0.153. The van der Waals surface area contributed by atoms with Crippen LogP contribution in [0.2, 0.25) is 0 Å². The Bertz CT molecular complexity index is 994. The van der Waals surface area contributed by atoms with Crippen LogP contribution in [0.15, 0.2) is 84.9 Å². The number of β-lactam (4-membered cyclic amide) rings is 1. The zero-order chi connectivity index (χ0) is 19.4. The number of likely N-dealkylation sites (tertiary alicyclic amines) is 1. The molecule has 1 amide bonds. The van der Waals surface area contributed by atoms with Gasteiger partial charge in [0.15, 0.2) is 5.54 Å². The molecule has 138 valence electrons. The Morgan fingerprint density at radius 3 is 2.07 bits per heavy atom. The molecule has 0 unspecified atom stereocenters. The van der Waals surface area contributed by atoms with Crippen molar-refractivity contribution in [2.45, 2.75) is 25.1 Å². The second kappa shape index (κ2) is 7.58. The fourth-order valence-electron chi connectivity index (χ4n) is 3.51. The smallest absolute Gasteiger partial charge is 0.228 e. The molecule has 1 aliphatic rings. The van der Waals surface area contributed by atoms with Crippen LogP contribution in [0.5, 0.6) is 5.75 Å². The van der Waals surface area contributed by atoms with Gasteiger partial charge in [0.25, 0.3) is 0 Å². The van der Waals surface area contributed by atoms with Crippen molar-refractivity contribution in [3.63, 3.8) is 0 Å². The molecule has 0 aliphatic carbocycles. The summed E-state index contributed by atoms with van der Waals surface area (Å²) in [5.74, 6) is 0.732. The van der Waals surface area contributed by atoms with Crippen LogP contribution in [-0.2, 0) is 23.5 Å². The van der Waals surface area contributed by atoms with E-state index < -0.39 is 5.54 Å². The second-order valence-corrected chi connectivity index (χ2v) is 6.91. The SMILES string of the molecule is N#C[C@@]1(c2ccc(OCc3ccccc3)cc2)CC(=O)N1Cc1ccccc1. The number of nitriles is 1. The molecule has 1 aliphatic heterocycles. The Morgan fingerprint density at radius 1 is 0.893 bits per heavy atom. The maximum absolute atomic E-state index is 12.3. The minimum absolute atomic E-state index is 0.00481. The molecule has 0 N–H and O–H groups in total. The lowest BCUT2D eigenvalue weighted by Crippen LogP contribution is -2.59. The molecule has 4 rings (SSSR count). The highest BCUT2D eigenvalue weighted by Gasteiger charge is 2.52. The molecule has 3 aromatic carbocycles. The highest BCUT2D eigenvalue weighted by Crippen LogP contribution is 2.42. The van der Waals surface area contributed by atoms with Gasteiger partial charge in [0.1, 0.15) is 12.4 Å². The molecule has 0 saturated carbocycles. The van der Waals surface area contributed by atoms with E-state index in [-0.39, 0.29) is 12.3 Å². The minimum atomic E-state index is -0.912. The van der Waals surface area contributed by atoms with E-state index in [1.54, 1.807) is 4.90 Å². The third-order valence-corrected chi connectivity index (χ3v) is 5.12. The number of carbonyl (C=O) groups excluding carboxylic acids is 1. The summed E-state index contributed by atoms with van der Waals surface area (Å²) >= 11 is 0. The van der Waals surface area contributed by atoms with Gasteiger partial charge in [0.05, 0.1) is 12.5 Å². The van der Waals surface area contributed by atoms with Crippen molar-refractivity contribution in [2.75, 3.05) is 0 Å². The Balaban J connectivity index is 1.50. The highest BCUT2D eigenvalue weighted by molar-refractivity contribution is 5.87. The summed E-state index contributed by atoms with van der Waals surface area (Å²) in [5.41, 5.74) is 2.01. The van der Waals surface area contributed by atoms with E-state index in [0.29, 0.717) is 13.2 Å². The second-order valence-electron chi connectivity index (χ2n) is 6.91. The van der Waals surface area contributed by atoms with Crippen molar-refractivity contribution in [3.8, 4) is 11.8 Å². The van der Waals surface area contributed by atoms with Crippen molar-refractivity contribution in [2.24, 2.45) is 0 Å². The van der Waals surface area contributed by atoms with Crippen LogP contribution in [-0.4, -0.2) is 10.8 Å². The lowest BCUT2D eigenvalue weighted by atomic mass is 9.78. The normalized spacial score (nSPS) is 18.2. The van der Waals surface area contributed by atoms with Crippen LogP contribution < -0.4 is 4.74 Å². The van der Waals surface area contributed by atoms with Crippen molar-refractivity contribution in [1.82, 2.24) is 4.90 Å². The quantitative estimate of drug-likeness (QED) is 0.605. The van der Waals surface area contributed by atoms with Gasteiger partial charge in [0.2, 0.25) is 5.91 Å². The highest BCUT2D eigenvalue weighted by atomic mass is 16.5. The average Bonchev–Trinajstić information content (AvgIpc) is 2.76. The number of nitrogens with zero attached hydrogens (tertiary/aromatic N) is 2. The molecular formula is C24H20N2O2. The molecule has 1 fully saturated rings. The van der Waals surface area contributed by atoms with E-state index in [1.165, 1.54) is 0 Å². The summed E-state index contributed by atoms with van der Waals surface area (Å²) in [5, 5.41) is 9.90. The fraction of sp³-hybridized carbons (Fsp3) is 0.167. The third kappa shape index (κ3) is 3.35. The molecule has 4 heteroatoms. The van der Waals surface area contributed by atoms with Gasteiger partial charge in [-0.25, -0.2) is 0 Å². The Morgan fingerprint density at radius 2 is 1.50 bits per heavy atom. The van der Waals surface area contributed by atoms with Crippen LogP contribution in [0.4, 0.5) is 0 Å². The predicted molar refractivity (Wildman–Crippen MR) is 106 cm³/mol. The van der Waals surface area contributed by atoms with Crippen LogP contribution in [0.3, 0.4) is 0 Å². The van der Waals surface area contributed by atoms with Crippen LogP contribution in [0.1, 0.15) is 23.1 Å². The maximum Gasteiger partial charge on any atom is 0.228 e. The van der Waals surface area contributed by atoms with Gasteiger partial charge in [-0.1, -0.05) is 72.8 Å². The lowest BCUT2D eigenvalue weighted by Gasteiger charge is -2.47. The molecule has 28 heavy (non-hydrogen) atoms. The van der Waals surface area contributed by atoms with Gasteiger partial charge in [-0.05, 0) is 28.8 Å². The average molecular weight is 368 g/mol. The fourth-order valence-corrected chi connectivity index (χ4v) is 3.51. The molecule has 0 bridgehead atoms. The van der Waals surface area contributed by atoms with Crippen LogP contribution >= 0.6 is 0 Å². The van der Waals surface area contributed by atoms with E-state index >= 15 is 0 Å². The molecule has 1 saturated heterocycles. The van der Waals surface area contributed by atoms with Gasteiger partial charge >= 0.3 is 0 Å².